The van der Waals surface area contributed by atoms with Crippen LogP contribution in [-0.2, 0) is 11.2 Å². The lowest BCUT2D eigenvalue weighted by atomic mass is 10.1. The quantitative estimate of drug-likeness (QED) is 0.784. The van der Waals surface area contributed by atoms with Crippen molar-refractivity contribution in [2.45, 2.75) is 31.9 Å². The number of nitrogens with two attached hydrogens (primary N) is 1. The topological polar surface area (TPSA) is 66.6 Å². The number of aliphatic hydroxyl groups is 1. The van der Waals surface area contributed by atoms with E-state index in [1.165, 1.54) is 0 Å². The van der Waals surface area contributed by atoms with Gasteiger partial charge in [-0.25, -0.2) is 0 Å². The van der Waals surface area contributed by atoms with Gasteiger partial charge in [-0.05, 0) is 25.3 Å². The normalized spacial score (nSPS) is 14.0. The largest absolute Gasteiger partial charge is 0.393 e. The van der Waals surface area contributed by atoms with Crippen LogP contribution in [0.4, 0.5) is 0 Å². The first-order valence-corrected chi connectivity index (χ1v) is 6.23. The van der Waals surface area contributed by atoms with Crippen molar-refractivity contribution < 1.29 is 9.90 Å². The Balaban J connectivity index is 2.46. The number of hydrogen-bond donors (Lipinski definition) is 2. The van der Waals surface area contributed by atoms with E-state index in [9.17, 15) is 9.90 Å². The van der Waals surface area contributed by atoms with Crippen molar-refractivity contribution in [3.8, 4) is 0 Å². The molecule has 1 aromatic rings. The number of nitrogens with zero attached hydrogens (tertiary/aromatic N) is 1. The molecule has 0 bridgehead atoms. The third-order valence-electron chi connectivity index (χ3n) is 2.87. The predicted octanol–water partition coefficient (Wildman–Crippen LogP) is 0.786. The second-order valence-corrected chi connectivity index (χ2v) is 4.69. The Hall–Kier alpha value is -1.39. The highest BCUT2D eigenvalue weighted by Gasteiger charge is 2.18. The summed E-state index contributed by atoms with van der Waals surface area (Å²) < 4.78 is 0. The first-order valence-electron chi connectivity index (χ1n) is 6.23. The van der Waals surface area contributed by atoms with Gasteiger partial charge in [-0.15, -0.1) is 0 Å². The molecule has 0 aliphatic rings. The molecule has 18 heavy (non-hydrogen) atoms. The first-order chi connectivity index (χ1) is 8.50. The van der Waals surface area contributed by atoms with Crippen molar-refractivity contribution in [1.29, 1.82) is 0 Å². The van der Waals surface area contributed by atoms with Crippen molar-refractivity contribution in [2.75, 3.05) is 13.6 Å². The summed E-state index contributed by atoms with van der Waals surface area (Å²) in [6.07, 6.45) is 0.713. The Morgan fingerprint density at radius 3 is 2.56 bits per heavy atom. The Morgan fingerprint density at radius 1 is 1.39 bits per heavy atom. The number of likely N-dealkylation sites (N-methyl/N-ethyl adjacent to an activating group) is 1. The highest BCUT2D eigenvalue weighted by molar-refractivity contribution is 5.81. The molecule has 0 fully saturated rings. The molecule has 1 aromatic carbocycles. The molecule has 0 heterocycles. The summed E-state index contributed by atoms with van der Waals surface area (Å²) >= 11 is 0. The summed E-state index contributed by atoms with van der Waals surface area (Å²) in [4.78, 5) is 13.6. The van der Waals surface area contributed by atoms with Gasteiger partial charge in [-0.1, -0.05) is 30.3 Å². The molecule has 0 aliphatic heterocycles. The van der Waals surface area contributed by atoms with Gasteiger partial charge < -0.3 is 15.7 Å². The van der Waals surface area contributed by atoms with Crippen LogP contribution >= 0.6 is 0 Å². The van der Waals surface area contributed by atoms with E-state index in [4.69, 9.17) is 5.73 Å². The van der Waals surface area contributed by atoms with E-state index in [0.717, 1.165) is 5.56 Å². The van der Waals surface area contributed by atoms with Crippen molar-refractivity contribution in [3.63, 3.8) is 0 Å². The third kappa shape index (κ3) is 4.85. The summed E-state index contributed by atoms with van der Waals surface area (Å²) in [5, 5.41) is 9.19. The molecule has 3 N–H and O–H groups in total. The van der Waals surface area contributed by atoms with E-state index in [-0.39, 0.29) is 5.91 Å². The monoisotopic (exact) mass is 250 g/mol. The number of amides is 1. The molecule has 1 amide bonds. The molecule has 0 aromatic heterocycles. The van der Waals surface area contributed by atoms with E-state index >= 15 is 0 Å². The smallest absolute Gasteiger partial charge is 0.239 e. The van der Waals surface area contributed by atoms with Crippen molar-refractivity contribution in [2.24, 2.45) is 5.73 Å². The van der Waals surface area contributed by atoms with E-state index < -0.39 is 12.1 Å². The van der Waals surface area contributed by atoms with Crippen molar-refractivity contribution in [1.82, 2.24) is 4.90 Å². The van der Waals surface area contributed by atoms with Gasteiger partial charge in [0.2, 0.25) is 5.91 Å². The maximum atomic E-state index is 12.0. The average molecular weight is 250 g/mol. The van der Waals surface area contributed by atoms with Crippen LogP contribution < -0.4 is 5.73 Å². The molecule has 0 radical (unpaired) electrons. The summed E-state index contributed by atoms with van der Waals surface area (Å²) in [6.45, 7) is 2.24. The van der Waals surface area contributed by atoms with Gasteiger partial charge in [-0.3, -0.25) is 4.79 Å². The molecule has 1 rings (SSSR count). The van der Waals surface area contributed by atoms with E-state index in [1.54, 1.807) is 18.9 Å². The molecular weight excluding hydrogens is 228 g/mol. The molecule has 100 valence electrons. The zero-order chi connectivity index (χ0) is 13.5. The van der Waals surface area contributed by atoms with Crippen LogP contribution in [0.25, 0.3) is 0 Å². The molecule has 0 saturated heterocycles. The van der Waals surface area contributed by atoms with Crippen molar-refractivity contribution in [3.05, 3.63) is 35.9 Å². The second kappa shape index (κ2) is 7.13. The Morgan fingerprint density at radius 2 is 2.00 bits per heavy atom. The highest BCUT2D eigenvalue weighted by atomic mass is 16.3. The van der Waals surface area contributed by atoms with Gasteiger partial charge >= 0.3 is 0 Å². The predicted molar refractivity (Wildman–Crippen MR) is 72.1 cm³/mol. The van der Waals surface area contributed by atoms with Crippen LogP contribution in [0.15, 0.2) is 30.3 Å². The standard InChI is InChI=1S/C14H22N2O2/c1-11(17)8-9-16(2)14(18)13(15)10-12-6-4-3-5-7-12/h3-7,11,13,17H,8-10,15H2,1-2H3. The van der Waals surface area contributed by atoms with Crippen LogP contribution in [0.5, 0.6) is 0 Å². The molecule has 0 spiro atoms. The van der Waals surface area contributed by atoms with E-state index in [1.807, 2.05) is 30.3 Å². The van der Waals surface area contributed by atoms with Gasteiger partial charge in [0.15, 0.2) is 0 Å². The summed E-state index contributed by atoms with van der Waals surface area (Å²) in [6, 6.07) is 9.21. The lowest BCUT2D eigenvalue weighted by molar-refractivity contribution is -0.131. The van der Waals surface area contributed by atoms with Crippen LogP contribution in [0.3, 0.4) is 0 Å². The Labute approximate surface area is 108 Å². The SMILES string of the molecule is CC(O)CCN(C)C(=O)C(N)Cc1ccccc1. The van der Waals surface area contributed by atoms with Gasteiger partial charge in [0.25, 0.3) is 0 Å². The highest BCUT2D eigenvalue weighted by Crippen LogP contribution is 2.04. The minimum Gasteiger partial charge on any atom is -0.393 e. The molecule has 0 aliphatic carbocycles. The lowest BCUT2D eigenvalue weighted by Crippen LogP contribution is -2.43. The van der Waals surface area contributed by atoms with Gasteiger partial charge in [-0.2, -0.15) is 0 Å². The Kier molecular flexibility index (Phi) is 5.82. The maximum Gasteiger partial charge on any atom is 0.239 e. The van der Waals surface area contributed by atoms with Crippen LogP contribution in [0.2, 0.25) is 0 Å². The van der Waals surface area contributed by atoms with E-state index in [2.05, 4.69) is 0 Å². The van der Waals surface area contributed by atoms with Gasteiger partial charge in [0.05, 0.1) is 12.1 Å². The number of carbonyl (C=O) groups is 1. The zero-order valence-electron chi connectivity index (χ0n) is 11.0. The molecular formula is C14H22N2O2. The third-order valence-corrected chi connectivity index (χ3v) is 2.87. The number of rotatable bonds is 6. The first kappa shape index (κ1) is 14.7. The number of carbonyl (C=O) groups excluding carboxylic acids is 1. The second-order valence-electron chi connectivity index (χ2n) is 4.69. The minimum atomic E-state index is -0.522. The van der Waals surface area contributed by atoms with Crippen molar-refractivity contribution >= 4 is 5.91 Å². The summed E-state index contributed by atoms with van der Waals surface area (Å²) in [5.74, 6) is -0.0838. The zero-order valence-corrected chi connectivity index (χ0v) is 11.0. The number of hydrogen-bond acceptors (Lipinski definition) is 3. The lowest BCUT2D eigenvalue weighted by Gasteiger charge is -2.22. The fourth-order valence-corrected chi connectivity index (χ4v) is 1.73. The number of benzene rings is 1. The molecule has 4 heteroatoms. The average Bonchev–Trinajstić information content (AvgIpc) is 2.36. The molecule has 0 saturated carbocycles. The van der Waals surface area contributed by atoms with E-state index in [0.29, 0.717) is 19.4 Å². The van der Waals surface area contributed by atoms with Gasteiger partial charge in [0.1, 0.15) is 0 Å². The summed E-state index contributed by atoms with van der Waals surface area (Å²) in [7, 11) is 1.72. The number of aliphatic hydroxyl groups excluding tert-OH is 1. The van der Waals surface area contributed by atoms with Crippen LogP contribution in [-0.4, -0.2) is 41.7 Å². The van der Waals surface area contributed by atoms with Crippen LogP contribution in [0, 0.1) is 0 Å². The maximum absolute atomic E-state index is 12.0. The fraction of sp³-hybridized carbons (Fsp3) is 0.500. The minimum absolute atomic E-state index is 0.0838. The van der Waals surface area contributed by atoms with Crippen LogP contribution in [0.1, 0.15) is 18.9 Å². The molecule has 4 nitrogen and oxygen atoms in total. The summed E-state index contributed by atoms with van der Waals surface area (Å²) in [5.41, 5.74) is 6.96. The Bertz CT molecular complexity index is 365. The van der Waals surface area contributed by atoms with Gasteiger partial charge in [0, 0.05) is 13.6 Å². The molecule has 2 unspecified atom stereocenters. The molecule has 2 atom stereocenters. The fourth-order valence-electron chi connectivity index (χ4n) is 1.73.